The second-order valence-corrected chi connectivity index (χ2v) is 6.40. The Hall–Kier alpha value is -0.830. The summed E-state index contributed by atoms with van der Waals surface area (Å²) < 4.78 is 5.94. The van der Waals surface area contributed by atoms with Crippen LogP contribution in [-0.4, -0.2) is 16.1 Å². The summed E-state index contributed by atoms with van der Waals surface area (Å²) in [4.78, 5) is 8.45. The third-order valence-corrected chi connectivity index (χ3v) is 3.73. The van der Waals surface area contributed by atoms with E-state index in [2.05, 4.69) is 30.7 Å². The first-order valence-corrected chi connectivity index (χ1v) is 7.05. The van der Waals surface area contributed by atoms with Gasteiger partial charge in [-0.05, 0) is 30.6 Å². The molecule has 1 saturated carbocycles. The van der Waals surface area contributed by atoms with Crippen LogP contribution in [0.4, 0.5) is 0 Å². The van der Waals surface area contributed by atoms with Crippen molar-refractivity contribution in [1.82, 2.24) is 9.97 Å². The summed E-state index contributed by atoms with van der Waals surface area (Å²) in [6.45, 7) is 6.90. The Morgan fingerprint density at radius 3 is 2.67 bits per heavy atom. The summed E-state index contributed by atoms with van der Waals surface area (Å²) in [5, 5.41) is 0. The van der Waals surface area contributed by atoms with Crippen LogP contribution in [-0.2, 0) is 5.88 Å². The van der Waals surface area contributed by atoms with Crippen LogP contribution in [0.3, 0.4) is 0 Å². The number of hydrogen-bond donors (Lipinski definition) is 0. The Bertz CT molecular complexity index is 391. The van der Waals surface area contributed by atoms with E-state index in [1.54, 1.807) is 12.4 Å². The van der Waals surface area contributed by atoms with E-state index in [1.807, 2.05) is 0 Å². The van der Waals surface area contributed by atoms with Crippen molar-refractivity contribution in [1.29, 1.82) is 0 Å². The van der Waals surface area contributed by atoms with E-state index in [0.29, 0.717) is 23.1 Å². The molecule has 2 rings (SSSR count). The van der Waals surface area contributed by atoms with Gasteiger partial charge in [-0.3, -0.25) is 4.98 Å². The molecule has 1 fully saturated rings. The second-order valence-electron chi connectivity index (χ2n) is 6.13. The molecule has 0 radical (unpaired) electrons. The predicted octanol–water partition coefficient (Wildman–Crippen LogP) is 3.81. The highest BCUT2D eigenvalue weighted by molar-refractivity contribution is 6.16. The number of rotatable bonds is 3. The van der Waals surface area contributed by atoms with Gasteiger partial charge in [0.05, 0.1) is 24.0 Å². The molecule has 3 nitrogen and oxygen atoms in total. The highest BCUT2D eigenvalue weighted by Gasteiger charge is 2.33. The fourth-order valence-corrected chi connectivity index (χ4v) is 3.13. The van der Waals surface area contributed by atoms with E-state index >= 15 is 0 Å². The molecule has 1 aromatic rings. The Morgan fingerprint density at radius 2 is 2.11 bits per heavy atom. The van der Waals surface area contributed by atoms with Crippen LogP contribution < -0.4 is 4.74 Å². The minimum Gasteiger partial charge on any atom is -0.473 e. The number of halogens is 1. The van der Waals surface area contributed by atoms with Crippen molar-refractivity contribution in [2.75, 3.05) is 0 Å². The van der Waals surface area contributed by atoms with Gasteiger partial charge in [-0.2, -0.15) is 0 Å². The fraction of sp³-hybridized carbons (Fsp3) is 0.714. The maximum Gasteiger partial charge on any atom is 0.232 e. The molecule has 0 N–H and O–H groups in total. The number of ether oxygens (including phenoxy) is 1. The van der Waals surface area contributed by atoms with Crippen molar-refractivity contribution >= 4 is 11.6 Å². The molecule has 0 spiro atoms. The topological polar surface area (TPSA) is 35.0 Å². The van der Waals surface area contributed by atoms with Crippen LogP contribution in [0.25, 0.3) is 0 Å². The number of nitrogens with zero attached hydrogens (tertiary/aromatic N) is 2. The van der Waals surface area contributed by atoms with Gasteiger partial charge in [0, 0.05) is 0 Å². The lowest BCUT2D eigenvalue weighted by Crippen LogP contribution is -2.34. The summed E-state index contributed by atoms with van der Waals surface area (Å²) in [7, 11) is 0. The standard InChI is InChI=1S/C14H21ClN2O/c1-10-4-12(6-14(2,3)5-10)18-13-9-16-11(7-15)8-17-13/h8-10,12H,4-7H2,1-3H3. The summed E-state index contributed by atoms with van der Waals surface area (Å²) in [5.41, 5.74) is 1.13. The number of aromatic nitrogens is 2. The lowest BCUT2D eigenvalue weighted by Gasteiger charge is -2.38. The normalized spacial score (nSPS) is 26.9. The van der Waals surface area contributed by atoms with Crippen LogP contribution in [0.15, 0.2) is 12.4 Å². The van der Waals surface area contributed by atoms with Crippen molar-refractivity contribution in [2.45, 2.75) is 52.0 Å². The zero-order valence-corrected chi connectivity index (χ0v) is 12.1. The predicted molar refractivity (Wildman–Crippen MR) is 72.8 cm³/mol. The molecular formula is C14H21ClN2O. The number of hydrogen-bond acceptors (Lipinski definition) is 3. The molecular weight excluding hydrogens is 248 g/mol. The zero-order chi connectivity index (χ0) is 13.2. The van der Waals surface area contributed by atoms with Gasteiger partial charge in [-0.1, -0.05) is 20.8 Å². The van der Waals surface area contributed by atoms with Crippen molar-refractivity contribution in [3.8, 4) is 5.88 Å². The van der Waals surface area contributed by atoms with Crippen LogP contribution in [0.5, 0.6) is 5.88 Å². The van der Waals surface area contributed by atoms with Crippen LogP contribution >= 0.6 is 11.6 Å². The first kappa shape index (κ1) is 13.6. The maximum atomic E-state index is 5.94. The smallest absolute Gasteiger partial charge is 0.232 e. The van der Waals surface area contributed by atoms with E-state index in [1.165, 1.54) is 6.42 Å². The fourth-order valence-electron chi connectivity index (χ4n) is 2.99. The molecule has 1 aliphatic rings. The van der Waals surface area contributed by atoms with Crippen LogP contribution in [0.2, 0.25) is 0 Å². The molecule has 18 heavy (non-hydrogen) atoms. The monoisotopic (exact) mass is 268 g/mol. The summed E-state index contributed by atoms with van der Waals surface area (Å²) in [5.74, 6) is 1.70. The minimum atomic E-state index is 0.250. The summed E-state index contributed by atoms with van der Waals surface area (Å²) in [6.07, 6.45) is 7.05. The largest absolute Gasteiger partial charge is 0.473 e. The van der Waals surface area contributed by atoms with Crippen LogP contribution in [0.1, 0.15) is 45.7 Å². The molecule has 0 bridgehead atoms. The van der Waals surface area contributed by atoms with Crippen molar-refractivity contribution in [3.63, 3.8) is 0 Å². The van der Waals surface area contributed by atoms with Gasteiger partial charge in [0.25, 0.3) is 0 Å². The molecule has 0 aliphatic heterocycles. The average Bonchev–Trinajstić information content (AvgIpc) is 2.27. The Balaban J connectivity index is 1.99. The van der Waals surface area contributed by atoms with E-state index < -0.39 is 0 Å². The van der Waals surface area contributed by atoms with Gasteiger partial charge in [-0.25, -0.2) is 4.98 Å². The van der Waals surface area contributed by atoms with Crippen molar-refractivity contribution in [2.24, 2.45) is 11.3 Å². The Labute approximate surface area is 114 Å². The molecule has 2 unspecified atom stereocenters. The maximum absolute atomic E-state index is 5.94. The van der Waals surface area contributed by atoms with Gasteiger partial charge in [0.2, 0.25) is 5.88 Å². The molecule has 4 heteroatoms. The second kappa shape index (κ2) is 5.43. The SMILES string of the molecule is CC1CC(Oc2cnc(CCl)cn2)CC(C)(C)C1. The average molecular weight is 269 g/mol. The van der Waals surface area contributed by atoms with Crippen molar-refractivity contribution < 1.29 is 4.74 Å². The third-order valence-electron chi connectivity index (χ3n) is 3.45. The van der Waals surface area contributed by atoms with E-state index in [9.17, 15) is 0 Å². The molecule has 100 valence electrons. The molecule has 1 heterocycles. The minimum absolute atomic E-state index is 0.250. The number of alkyl halides is 1. The molecule has 0 aromatic carbocycles. The highest BCUT2D eigenvalue weighted by Crippen LogP contribution is 2.39. The quantitative estimate of drug-likeness (QED) is 0.782. The first-order chi connectivity index (χ1) is 8.48. The summed E-state index contributed by atoms with van der Waals surface area (Å²) in [6, 6.07) is 0. The van der Waals surface area contributed by atoms with E-state index in [0.717, 1.165) is 18.5 Å². The summed E-state index contributed by atoms with van der Waals surface area (Å²) >= 11 is 5.68. The molecule has 1 aromatic heterocycles. The molecule has 2 atom stereocenters. The van der Waals surface area contributed by atoms with Gasteiger partial charge in [-0.15, -0.1) is 11.6 Å². The van der Waals surface area contributed by atoms with Gasteiger partial charge < -0.3 is 4.74 Å². The van der Waals surface area contributed by atoms with Gasteiger partial charge in [0.1, 0.15) is 6.10 Å². The van der Waals surface area contributed by atoms with E-state index in [-0.39, 0.29) is 6.10 Å². The molecule has 1 aliphatic carbocycles. The first-order valence-electron chi connectivity index (χ1n) is 6.52. The van der Waals surface area contributed by atoms with Crippen molar-refractivity contribution in [3.05, 3.63) is 18.1 Å². The zero-order valence-electron chi connectivity index (χ0n) is 11.3. The van der Waals surface area contributed by atoms with Crippen LogP contribution in [0, 0.1) is 11.3 Å². The lowest BCUT2D eigenvalue weighted by molar-refractivity contribution is 0.0529. The molecule has 0 amide bonds. The Morgan fingerprint density at radius 1 is 1.33 bits per heavy atom. The highest BCUT2D eigenvalue weighted by atomic mass is 35.5. The third kappa shape index (κ3) is 3.58. The Kier molecular flexibility index (Phi) is 4.10. The molecule has 0 saturated heterocycles. The van der Waals surface area contributed by atoms with E-state index in [4.69, 9.17) is 16.3 Å². The van der Waals surface area contributed by atoms with Gasteiger partial charge >= 0.3 is 0 Å². The van der Waals surface area contributed by atoms with Gasteiger partial charge in [0.15, 0.2) is 0 Å². The lowest BCUT2D eigenvalue weighted by atomic mass is 9.71.